The van der Waals surface area contributed by atoms with E-state index < -0.39 is 53.1 Å². The number of carboxylic acids is 1. The van der Waals surface area contributed by atoms with Crippen LogP contribution in [0.25, 0.3) is 0 Å². The summed E-state index contributed by atoms with van der Waals surface area (Å²) in [5.41, 5.74) is 0.353. The number of phenolic OH excluding ortho intramolecular Hbond substituents is 1. The molecule has 0 spiro atoms. The van der Waals surface area contributed by atoms with Gasteiger partial charge in [-0.3, -0.25) is 29.0 Å². The number of nitrogens with zero attached hydrogens (tertiary/aromatic N) is 7. The molecule has 6 amide bonds. The summed E-state index contributed by atoms with van der Waals surface area (Å²) in [5.74, 6) is -4.66. The fourth-order valence-corrected chi connectivity index (χ4v) is 7.19. The maximum Gasteiger partial charge on any atom is 0.325 e. The minimum Gasteiger partial charge on any atom is -0.543 e. The molecule has 2 fully saturated rings. The third-order valence-electron chi connectivity index (χ3n) is 7.19. The SMILES string of the molecule is CCN1CCN(C(=O)N[C@@H](C(=O)N[C@@H]2C(=O)N3C(C(=O)[O-])=C(CSc4nnnn4C)CS[C@H]23)c2ccc(O)cc2)C(=O)C1=O. The average Bonchev–Trinajstić information content (AvgIpc) is 3.42. The molecule has 0 aliphatic carbocycles. The summed E-state index contributed by atoms with van der Waals surface area (Å²) in [7, 11) is 1.63. The summed E-state index contributed by atoms with van der Waals surface area (Å²) in [5, 5.41) is 37.7. The van der Waals surface area contributed by atoms with Crippen molar-refractivity contribution in [2.75, 3.05) is 31.1 Å². The number of thioether (sulfide) groups is 2. The Hall–Kier alpha value is -4.65. The minimum atomic E-state index is -1.54. The number of fused-ring (bicyclic) bond motifs is 1. The van der Waals surface area contributed by atoms with E-state index in [-0.39, 0.29) is 41.6 Å². The van der Waals surface area contributed by atoms with Crippen molar-refractivity contribution >= 4 is 59.2 Å². The highest BCUT2D eigenvalue weighted by molar-refractivity contribution is 8.01. The van der Waals surface area contributed by atoms with Crippen LogP contribution in [-0.4, -0.2) is 118 Å². The molecule has 5 rings (SSSR count). The summed E-state index contributed by atoms with van der Waals surface area (Å²) in [6.07, 6.45) is 0. The molecule has 0 bridgehead atoms. The van der Waals surface area contributed by atoms with Gasteiger partial charge in [0.25, 0.3) is 5.91 Å². The highest BCUT2D eigenvalue weighted by atomic mass is 32.2. The molecule has 0 saturated carbocycles. The van der Waals surface area contributed by atoms with Crippen molar-refractivity contribution in [2.45, 2.75) is 29.5 Å². The Morgan fingerprint density at radius 1 is 1.16 bits per heavy atom. The molecular weight excluding hydrogens is 618 g/mol. The van der Waals surface area contributed by atoms with Gasteiger partial charge in [0.2, 0.25) is 11.1 Å². The van der Waals surface area contributed by atoms with Crippen molar-refractivity contribution in [3.05, 3.63) is 41.1 Å². The number of carbonyl (C=O) groups excluding carboxylic acids is 6. The Morgan fingerprint density at radius 2 is 1.89 bits per heavy atom. The molecule has 44 heavy (non-hydrogen) atoms. The monoisotopic (exact) mass is 644 g/mol. The smallest absolute Gasteiger partial charge is 0.325 e. The molecule has 3 N–H and O–H groups in total. The van der Waals surface area contributed by atoms with Crippen LogP contribution < -0.4 is 15.7 Å². The summed E-state index contributed by atoms with van der Waals surface area (Å²) in [4.78, 5) is 79.9. The van der Waals surface area contributed by atoms with E-state index in [0.29, 0.717) is 22.2 Å². The number of tetrazole rings is 1. The van der Waals surface area contributed by atoms with Crippen LogP contribution in [0.15, 0.2) is 40.7 Å². The third-order valence-corrected chi connectivity index (χ3v) is 9.62. The van der Waals surface area contributed by atoms with Gasteiger partial charge in [-0.05, 0) is 40.6 Å². The number of carboxylic acid groups (broad SMARTS) is 1. The normalized spacial score (nSPS) is 20.7. The molecule has 3 atom stereocenters. The maximum atomic E-state index is 13.5. The van der Waals surface area contributed by atoms with Gasteiger partial charge >= 0.3 is 17.8 Å². The van der Waals surface area contributed by atoms with E-state index in [1.54, 1.807) is 14.0 Å². The van der Waals surface area contributed by atoms with Gasteiger partial charge in [-0.2, -0.15) is 0 Å². The number of aliphatic carboxylic acids is 1. The number of likely N-dealkylation sites (N-methyl/N-ethyl adjacent to an activating group) is 1. The molecule has 0 radical (unpaired) electrons. The first-order chi connectivity index (χ1) is 21.0. The fraction of sp³-hybridized carbons (Fsp3) is 0.400. The highest BCUT2D eigenvalue weighted by Crippen LogP contribution is 2.41. The Labute approximate surface area is 258 Å². The van der Waals surface area contributed by atoms with Crippen LogP contribution in [0, 0.1) is 0 Å². The van der Waals surface area contributed by atoms with E-state index in [1.165, 1.54) is 57.4 Å². The first-order valence-corrected chi connectivity index (χ1v) is 15.3. The highest BCUT2D eigenvalue weighted by Gasteiger charge is 2.53. The van der Waals surface area contributed by atoms with Crippen molar-refractivity contribution in [3.63, 3.8) is 0 Å². The molecule has 17 nitrogen and oxygen atoms in total. The molecule has 3 aliphatic heterocycles. The number of nitrogens with one attached hydrogen (secondary N) is 2. The predicted molar refractivity (Wildman–Crippen MR) is 150 cm³/mol. The Kier molecular flexibility index (Phi) is 8.77. The van der Waals surface area contributed by atoms with Crippen LogP contribution in [0.3, 0.4) is 0 Å². The molecule has 1 aromatic heterocycles. The topological polar surface area (TPSA) is 223 Å². The van der Waals surface area contributed by atoms with Crippen LogP contribution in [0.5, 0.6) is 5.75 Å². The Balaban J connectivity index is 1.31. The molecule has 0 unspecified atom stereocenters. The lowest BCUT2D eigenvalue weighted by atomic mass is 10.0. The number of phenols is 1. The first kappa shape index (κ1) is 30.8. The van der Waals surface area contributed by atoms with Crippen molar-refractivity contribution < 1.29 is 39.0 Å². The number of urea groups is 1. The van der Waals surface area contributed by atoms with Crippen LogP contribution >= 0.6 is 23.5 Å². The zero-order valence-corrected chi connectivity index (χ0v) is 25.0. The number of imide groups is 1. The summed E-state index contributed by atoms with van der Waals surface area (Å²) < 4.78 is 1.42. The number of aromatic nitrogens is 4. The van der Waals surface area contributed by atoms with Gasteiger partial charge in [0, 0.05) is 38.2 Å². The largest absolute Gasteiger partial charge is 0.543 e. The van der Waals surface area contributed by atoms with Gasteiger partial charge in [-0.15, -0.1) is 16.9 Å². The molecule has 19 heteroatoms. The van der Waals surface area contributed by atoms with Crippen molar-refractivity contribution in [2.24, 2.45) is 7.05 Å². The summed E-state index contributed by atoms with van der Waals surface area (Å²) >= 11 is 2.43. The molecule has 232 valence electrons. The quantitative estimate of drug-likeness (QED) is 0.147. The Morgan fingerprint density at radius 3 is 2.52 bits per heavy atom. The van der Waals surface area contributed by atoms with Crippen LogP contribution in [0.1, 0.15) is 18.5 Å². The first-order valence-electron chi connectivity index (χ1n) is 13.3. The average molecular weight is 645 g/mol. The second kappa shape index (κ2) is 12.5. The van der Waals surface area contributed by atoms with Gasteiger partial charge in [-0.25, -0.2) is 9.48 Å². The molecule has 3 aliphatic rings. The number of rotatable bonds is 9. The van der Waals surface area contributed by atoms with Gasteiger partial charge in [-0.1, -0.05) is 23.9 Å². The van der Waals surface area contributed by atoms with E-state index in [2.05, 4.69) is 26.2 Å². The van der Waals surface area contributed by atoms with Gasteiger partial charge in [0.15, 0.2) is 0 Å². The lowest BCUT2D eigenvalue weighted by Crippen LogP contribution is -2.71. The van der Waals surface area contributed by atoms with Crippen molar-refractivity contribution in [1.29, 1.82) is 0 Å². The number of aryl methyl sites for hydroxylation is 1. The van der Waals surface area contributed by atoms with Crippen LogP contribution in [0.2, 0.25) is 0 Å². The number of benzene rings is 1. The predicted octanol–water partition coefficient (Wildman–Crippen LogP) is -2.45. The number of amides is 6. The van der Waals surface area contributed by atoms with Crippen LogP contribution in [-0.2, 0) is 31.0 Å². The van der Waals surface area contributed by atoms with E-state index >= 15 is 0 Å². The lowest BCUT2D eigenvalue weighted by molar-refractivity contribution is -0.301. The second-order valence-electron chi connectivity index (χ2n) is 9.83. The molecule has 2 aromatic rings. The summed E-state index contributed by atoms with van der Waals surface area (Å²) in [6, 6.07) is 1.76. The number of hydrogen-bond acceptors (Lipinski definition) is 13. The number of hydrogen-bond donors (Lipinski definition) is 3. The third kappa shape index (κ3) is 5.79. The fourth-order valence-electron chi connectivity index (χ4n) is 4.85. The molecule has 1 aromatic carbocycles. The number of piperazine rings is 1. The van der Waals surface area contributed by atoms with Gasteiger partial charge in [0.05, 0.1) is 11.7 Å². The van der Waals surface area contributed by atoms with Gasteiger partial charge < -0.3 is 30.5 Å². The van der Waals surface area contributed by atoms with Crippen molar-refractivity contribution in [3.8, 4) is 5.75 Å². The lowest BCUT2D eigenvalue weighted by Gasteiger charge is -2.51. The van der Waals surface area contributed by atoms with Crippen molar-refractivity contribution in [1.82, 2.24) is 45.5 Å². The number of β-lactam (4-membered cyclic amide) rings is 1. The number of aromatic hydroxyl groups is 1. The molecular formula is C25H26N9O8S2-. The maximum absolute atomic E-state index is 13.5. The molecule has 2 saturated heterocycles. The zero-order chi connectivity index (χ0) is 31.7. The second-order valence-corrected chi connectivity index (χ2v) is 11.9. The standard InChI is InChI=1S/C25H27N9O8S2/c1-3-32-8-9-33(21(39)20(32)38)24(42)27-15(12-4-6-14(35)7-5-12)18(36)26-16-19(37)34-17(23(40)41)13(10-43-22(16)34)11-44-25-28-29-30-31(25)2/h4-7,15-16,22,35H,3,8-11H2,1-2H3,(H,26,36)(H,27,42)(H,40,41)/p-1/t15-,16-,22-/m1/s1. The summed E-state index contributed by atoms with van der Waals surface area (Å²) in [6.45, 7) is 2.02. The number of carbonyl (C=O) groups is 6. The van der Waals surface area contributed by atoms with Crippen LogP contribution in [0.4, 0.5) is 4.79 Å². The van der Waals surface area contributed by atoms with E-state index in [1.807, 2.05) is 0 Å². The van der Waals surface area contributed by atoms with E-state index in [9.17, 15) is 39.0 Å². The minimum absolute atomic E-state index is 0.0882. The molecule has 4 heterocycles. The van der Waals surface area contributed by atoms with E-state index in [4.69, 9.17) is 0 Å². The van der Waals surface area contributed by atoms with E-state index in [0.717, 1.165) is 4.90 Å². The van der Waals surface area contributed by atoms with Gasteiger partial charge in [0.1, 0.15) is 23.2 Å². The Bertz CT molecular complexity index is 1560. The zero-order valence-electron chi connectivity index (χ0n) is 23.3.